The Hall–Kier alpha value is -2.54. The van der Waals surface area contributed by atoms with E-state index < -0.39 is 23.3 Å². The van der Waals surface area contributed by atoms with E-state index in [-0.39, 0.29) is 19.6 Å². The predicted molar refractivity (Wildman–Crippen MR) is 101 cm³/mol. The maximum Gasteiger partial charge on any atom is 0.407 e. The summed E-state index contributed by atoms with van der Waals surface area (Å²) in [6.07, 6.45) is -0.634. The van der Waals surface area contributed by atoms with Crippen LogP contribution in [0, 0.1) is 6.92 Å². The molecule has 2 aromatic rings. The SMILES string of the molecule is Cc1cc2oc(=O)cc(COC(=O)CCNC(=O)OC(C)(C)C)c2cc1Cl. The van der Waals surface area contributed by atoms with Crippen molar-refractivity contribution in [3.05, 3.63) is 44.8 Å². The highest BCUT2D eigenvalue weighted by atomic mass is 35.5. The van der Waals surface area contributed by atoms with Crippen LogP contribution in [0.5, 0.6) is 0 Å². The molecule has 0 radical (unpaired) electrons. The molecule has 1 heterocycles. The first kappa shape index (κ1) is 20.8. The van der Waals surface area contributed by atoms with Crippen molar-refractivity contribution in [1.82, 2.24) is 5.32 Å². The molecular weight excluding hydrogens is 374 g/mol. The molecule has 1 N–H and O–H groups in total. The molecule has 0 unspecified atom stereocenters. The minimum Gasteiger partial charge on any atom is -0.461 e. The van der Waals surface area contributed by atoms with Gasteiger partial charge in [0.1, 0.15) is 17.8 Å². The van der Waals surface area contributed by atoms with Crippen LogP contribution in [-0.4, -0.2) is 24.2 Å². The minimum absolute atomic E-state index is 0.0293. The summed E-state index contributed by atoms with van der Waals surface area (Å²) in [5.41, 5.74) is 0.495. The van der Waals surface area contributed by atoms with Gasteiger partial charge in [-0.25, -0.2) is 9.59 Å². The fraction of sp³-hybridized carbons (Fsp3) is 0.421. The number of carbonyl (C=O) groups excluding carboxylic acids is 2. The first-order valence-electron chi connectivity index (χ1n) is 8.40. The molecule has 8 heteroatoms. The average Bonchev–Trinajstić information content (AvgIpc) is 2.52. The lowest BCUT2D eigenvalue weighted by Crippen LogP contribution is -2.33. The van der Waals surface area contributed by atoms with Gasteiger partial charge in [0.25, 0.3) is 0 Å². The number of amides is 1. The molecule has 0 fully saturated rings. The number of hydrogen-bond donors (Lipinski definition) is 1. The van der Waals surface area contributed by atoms with Gasteiger partial charge in [-0.3, -0.25) is 4.79 Å². The summed E-state index contributed by atoms with van der Waals surface area (Å²) >= 11 is 6.13. The summed E-state index contributed by atoms with van der Waals surface area (Å²) in [5, 5.41) is 3.60. The number of esters is 1. The van der Waals surface area contributed by atoms with E-state index in [4.69, 9.17) is 25.5 Å². The number of hydrogen-bond acceptors (Lipinski definition) is 6. The number of rotatable bonds is 5. The topological polar surface area (TPSA) is 94.8 Å². The number of alkyl carbamates (subject to hydrolysis) is 1. The molecule has 0 aliphatic rings. The van der Waals surface area contributed by atoms with Crippen LogP contribution < -0.4 is 10.9 Å². The van der Waals surface area contributed by atoms with E-state index in [9.17, 15) is 14.4 Å². The van der Waals surface area contributed by atoms with Crippen LogP contribution >= 0.6 is 11.6 Å². The summed E-state index contributed by atoms with van der Waals surface area (Å²) in [6, 6.07) is 4.59. The normalized spacial score (nSPS) is 11.3. The highest BCUT2D eigenvalue weighted by Gasteiger charge is 2.16. The van der Waals surface area contributed by atoms with E-state index in [2.05, 4.69) is 5.32 Å². The summed E-state index contributed by atoms with van der Waals surface area (Å²) in [4.78, 5) is 35.1. The Bertz CT molecular complexity index is 913. The fourth-order valence-electron chi connectivity index (χ4n) is 2.28. The van der Waals surface area contributed by atoms with Crippen molar-refractivity contribution in [2.75, 3.05) is 6.54 Å². The predicted octanol–water partition coefficient (Wildman–Crippen LogP) is 3.71. The van der Waals surface area contributed by atoms with Gasteiger partial charge in [0, 0.05) is 28.6 Å². The van der Waals surface area contributed by atoms with Gasteiger partial charge in [0.15, 0.2) is 0 Å². The molecule has 2 rings (SSSR count). The monoisotopic (exact) mass is 395 g/mol. The van der Waals surface area contributed by atoms with Crippen LogP contribution in [0.3, 0.4) is 0 Å². The molecule has 0 atom stereocenters. The molecular formula is C19H22ClNO6. The van der Waals surface area contributed by atoms with Crippen molar-refractivity contribution in [2.24, 2.45) is 0 Å². The molecule has 1 aromatic carbocycles. The molecule has 0 saturated heterocycles. The second kappa shape index (κ2) is 8.43. The molecule has 7 nitrogen and oxygen atoms in total. The highest BCUT2D eigenvalue weighted by Crippen LogP contribution is 2.25. The highest BCUT2D eigenvalue weighted by molar-refractivity contribution is 6.32. The number of carbonyl (C=O) groups is 2. The largest absolute Gasteiger partial charge is 0.461 e. The first-order chi connectivity index (χ1) is 12.5. The quantitative estimate of drug-likeness (QED) is 0.612. The summed E-state index contributed by atoms with van der Waals surface area (Å²) in [6.45, 7) is 7.01. The van der Waals surface area contributed by atoms with Crippen molar-refractivity contribution >= 4 is 34.6 Å². The number of benzene rings is 1. The van der Waals surface area contributed by atoms with Gasteiger partial charge in [0.05, 0.1) is 6.42 Å². The van der Waals surface area contributed by atoms with Crippen molar-refractivity contribution in [3.8, 4) is 0 Å². The van der Waals surface area contributed by atoms with E-state index in [1.807, 2.05) is 0 Å². The van der Waals surface area contributed by atoms with Gasteiger partial charge in [-0.05, 0) is 45.4 Å². The number of nitrogens with one attached hydrogen (secondary N) is 1. The Morgan fingerprint density at radius 2 is 1.93 bits per heavy atom. The maximum atomic E-state index is 11.9. The van der Waals surface area contributed by atoms with E-state index in [0.717, 1.165) is 5.56 Å². The molecule has 0 aliphatic heterocycles. The second-order valence-electron chi connectivity index (χ2n) is 7.03. The minimum atomic E-state index is -0.611. The average molecular weight is 396 g/mol. The molecule has 0 aliphatic carbocycles. The van der Waals surface area contributed by atoms with E-state index in [1.54, 1.807) is 39.8 Å². The van der Waals surface area contributed by atoms with Crippen LogP contribution in [0.1, 0.15) is 38.3 Å². The van der Waals surface area contributed by atoms with Crippen molar-refractivity contribution < 1.29 is 23.5 Å². The molecule has 0 saturated carbocycles. The number of ether oxygens (including phenoxy) is 2. The smallest absolute Gasteiger partial charge is 0.407 e. The number of fused-ring (bicyclic) bond motifs is 1. The van der Waals surface area contributed by atoms with Gasteiger partial charge < -0.3 is 19.2 Å². The standard InChI is InChI=1S/C19H22ClNO6/c1-11-7-15-13(9-14(11)20)12(8-17(23)26-15)10-25-16(22)5-6-21-18(24)27-19(2,3)4/h7-9H,5-6,10H2,1-4H3,(H,21,24). The van der Waals surface area contributed by atoms with Crippen LogP contribution in [0.2, 0.25) is 5.02 Å². The first-order valence-corrected chi connectivity index (χ1v) is 8.78. The Morgan fingerprint density at radius 1 is 1.22 bits per heavy atom. The van der Waals surface area contributed by atoms with Gasteiger partial charge in [0.2, 0.25) is 0 Å². The molecule has 1 amide bonds. The van der Waals surface area contributed by atoms with Crippen molar-refractivity contribution in [3.63, 3.8) is 0 Å². The van der Waals surface area contributed by atoms with E-state index >= 15 is 0 Å². The lowest BCUT2D eigenvalue weighted by molar-refractivity contribution is -0.144. The zero-order valence-corrected chi connectivity index (χ0v) is 16.4. The lowest BCUT2D eigenvalue weighted by Gasteiger charge is -2.19. The van der Waals surface area contributed by atoms with Crippen LogP contribution in [0.4, 0.5) is 4.79 Å². The number of aryl methyl sites for hydroxylation is 1. The van der Waals surface area contributed by atoms with Crippen LogP contribution in [-0.2, 0) is 20.9 Å². The van der Waals surface area contributed by atoms with E-state index in [1.165, 1.54) is 6.07 Å². The van der Waals surface area contributed by atoms with Crippen molar-refractivity contribution in [1.29, 1.82) is 0 Å². The molecule has 27 heavy (non-hydrogen) atoms. The molecule has 0 spiro atoms. The molecule has 146 valence electrons. The molecule has 0 bridgehead atoms. The Kier molecular flexibility index (Phi) is 6.49. The summed E-state index contributed by atoms with van der Waals surface area (Å²) < 4.78 is 15.4. The van der Waals surface area contributed by atoms with Gasteiger partial charge in [-0.15, -0.1) is 0 Å². The maximum absolute atomic E-state index is 11.9. The zero-order valence-electron chi connectivity index (χ0n) is 15.7. The lowest BCUT2D eigenvalue weighted by atomic mass is 10.1. The summed E-state index contributed by atoms with van der Waals surface area (Å²) in [5.74, 6) is -0.523. The van der Waals surface area contributed by atoms with Gasteiger partial charge in [-0.1, -0.05) is 11.6 Å². The summed E-state index contributed by atoms with van der Waals surface area (Å²) in [7, 11) is 0. The third kappa shape index (κ3) is 6.29. The Labute approximate surface area is 161 Å². The Balaban J connectivity index is 1.94. The van der Waals surface area contributed by atoms with Crippen LogP contribution in [0.25, 0.3) is 11.0 Å². The third-order valence-electron chi connectivity index (χ3n) is 3.50. The third-order valence-corrected chi connectivity index (χ3v) is 3.90. The van der Waals surface area contributed by atoms with E-state index in [0.29, 0.717) is 21.6 Å². The fourth-order valence-corrected chi connectivity index (χ4v) is 2.44. The van der Waals surface area contributed by atoms with Crippen LogP contribution in [0.15, 0.2) is 27.4 Å². The van der Waals surface area contributed by atoms with Gasteiger partial charge in [-0.2, -0.15) is 0 Å². The zero-order chi connectivity index (χ0) is 20.2. The van der Waals surface area contributed by atoms with Crippen molar-refractivity contribution in [2.45, 2.75) is 46.3 Å². The molecule has 1 aromatic heterocycles. The second-order valence-corrected chi connectivity index (χ2v) is 7.43. The number of halogens is 1. The van der Waals surface area contributed by atoms with Gasteiger partial charge >= 0.3 is 17.7 Å². The Morgan fingerprint density at radius 3 is 2.59 bits per heavy atom.